The average molecular weight is 334 g/mol. The van der Waals surface area contributed by atoms with E-state index >= 15 is 0 Å². The Balaban J connectivity index is 2.37. The third-order valence-corrected chi connectivity index (χ3v) is 5.27. The molecule has 8 heteroatoms. The highest BCUT2D eigenvalue weighted by atomic mass is 35.5. The van der Waals surface area contributed by atoms with Crippen molar-refractivity contribution in [1.29, 1.82) is 0 Å². The van der Waals surface area contributed by atoms with Gasteiger partial charge in [0, 0.05) is 29.7 Å². The van der Waals surface area contributed by atoms with Crippen LogP contribution in [0.3, 0.4) is 0 Å². The standard InChI is InChI=1S/C13H20ClN3O3S/c1-17-4-3-11(8-17)16-21(18,19)12-6-10(14)5-9(7-15)13(12)20-2/h5-6,11,16H,3-4,7-8,15H2,1-2H3. The smallest absolute Gasteiger partial charge is 0.244 e. The van der Waals surface area contributed by atoms with E-state index in [0.717, 1.165) is 13.0 Å². The Kier molecular flexibility index (Phi) is 5.11. The van der Waals surface area contributed by atoms with Crippen LogP contribution >= 0.6 is 11.6 Å². The largest absolute Gasteiger partial charge is 0.495 e. The van der Waals surface area contributed by atoms with Gasteiger partial charge in [0.15, 0.2) is 0 Å². The molecule has 1 aliphatic heterocycles. The van der Waals surface area contributed by atoms with Crippen molar-refractivity contribution in [2.24, 2.45) is 5.73 Å². The molecule has 1 aliphatic rings. The molecule has 6 nitrogen and oxygen atoms in total. The van der Waals surface area contributed by atoms with Gasteiger partial charge >= 0.3 is 0 Å². The van der Waals surface area contributed by atoms with Crippen molar-refractivity contribution >= 4 is 21.6 Å². The van der Waals surface area contributed by atoms with Gasteiger partial charge in [0.05, 0.1) is 7.11 Å². The summed E-state index contributed by atoms with van der Waals surface area (Å²) in [4.78, 5) is 2.11. The minimum absolute atomic E-state index is 0.0347. The summed E-state index contributed by atoms with van der Waals surface area (Å²) in [6.07, 6.45) is 0.780. The van der Waals surface area contributed by atoms with Crippen LogP contribution in [0.15, 0.2) is 17.0 Å². The number of nitrogens with one attached hydrogen (secondary N) is 1. The van der Waals surface area contributed by atoms with Crippen LogP contribution in [0.1, 0.15) is 12.0 Å². The van der Waals surface area contributed by atoms with Crippen molar-refractivity contribution in [2.75, 3.05) is 27.2 Å². The van der Waals surface area contributed by atoms with Gasteiger partial charge in [-0.3, -0.25) is 0 Å². The molecule has 1 aromatic carbocycles. The van der Waals surface area contributed by atoms with Crippen LogP contribution in [0.25, 0.3) is 0 Å². The lowest BCUT2D eigenvalue weighted by molar-refractivity contribution is 0.395. The Morgan fingerprint density at radius 2 is 2.24 bits per heavy atom. The molecule has 1 atom stereocenters. The zero-order chi connectivity index (χ0) is 15.6. The molecule has 0 aliphatic carbocycles. The number of halogens is 1. The maximum absolute atomic E-state index is 12.6. The second kappa shape index (κ2) is 6.50. The molecular weight excluding hydrogens is 314 g/mol. The number of likely N-dealkylation sites (N-methyl/N-ethyl adjacent to an activating group) is 1. The molecule has 1 fully saturated rings. The van der Waals surface area contributed by atoms with E-state index in [1.807, 2.05) is 7.05 Å². The van der Waals surface area contributed by atoms with E-state index < -0.39 is 10.0 Å². The number of ether oxygens (including phenoxy) is 1. The quantitative estimate of drug-likeness (QED) is 0.832. The highest BCUT2D eigenvalue weighted by molar-refractivity contribution is 7.89. The first kappa shape index (κ1) is 16.5. The number of sulfonamides is 1. The molecule has 3 N–H and O–H groups in total. The van der Waals surface area contributed by atoms with Gasteiger partial charge in [-0.2, -0.15) is 0 Å². The second-order valence-electron chi connectivity index (χ2n) is 5.17. The molecule has 0 spiro atoms. The van der Waals surface area contributed by atoms with Crippen LogP contribution in [0, 0.1) is 0 Å². The van der Waals surface area contributed by atoms with Crippen molar-refractivity contribution in [1.82, 2.24) is 9.62 Å². The number of methoxy groups -OCH3 is 1. The van der Waals surface area contributed by atoms with Gasteiger partial charge in [-0.25, -0.2) is 13.1 Å². The fourth-order valence-corrected chi connectivity index (χ4v) is 4.32. The molecule has 118 valence electrons. The number of rotatable bonds is 5. The lowest BCUT2D eigenvalue weighted by Crippen LogP contribution is -2.36. The summed E-state index contributed by atoms with van der Waals surface area (Å²) in [5, 5.41) is 0.320. The molecular formula is C13H20ClN3O3S. The molecule has 0 radical (unpaired) electrons. The molecule has 0 saturated carbocycles. The third-order valence-electron chi connectivity index (χ3n) is 3.52. The van der Waals surface area contributed by atoms with E-state index in [2.05, 4.69) is 9.62 Å². The van der Waals surface area contributed by atoms with E-state index in [0.29, 0.717) is 17.1 Å². The summed E-state index contributed by atoms with van der Waals surface area (Å²) >= 11 is 5.99. The SMILES string of the molecule is COc1c(CN)cc(Cl)cc1S(=O)(=O)NC1CCN(C)C1. The minimum Gasteiger partial charge on any atom is -0.495 e. The molecule has 1 saturated heterocycles. The van der Waals surface area contributed by atoms with Crippen LogP contribution < -0.4 is 15.2 Å². The molecule has 0 bridgehead atoms. The van der Waals surface area contributed by atoms with Crippen LogP contribution in [0.5, 0.6) is 5.75 Å². The van der Waals surface area contributed by atoms with Crippen molar-refractivity contribution in [3.63, 3.8) is 0 Å². The van der Waals surface area contributed by atoms with Crippen LogP contribution in [0.2, 0.25) is 5.02 Å². The topological polar surface area (TPSA) is 84.7 Å². The fraction of sp³-hybridized carbons (Fsp3) is 0.538. The Hall–Kier alpha value is -0.860. The van der Waals surface area contributed by atoms with Crippen molar-refractivity contribution in [2.45, 2.75) is 23.9 Å². The third kappa shape index (κ3) is 3.67. The van der Waals surface area contributed by atoms with Gasteiger partial charge < -0.3 is 15.4 Å². The van der Waals surface area contributed by atoms with E-state index in [1.54, 1.807) is 6.07 Å². The highest BCUT2D eigenvalue weighted by Gasteiger charge is 2.28. The minimum atomic E-state index is -3.71. The fourth-order valence-electron chi connectivity index (χ4n) is 2.52. The van der Waals surface area contributed by atoms with Crippen molar-refractivity contribution in [3.8, 4) is 5.75 Å². The van der Waals surface area contributed by atoms with E-state index in [9.17, 15) is 8.42 Å². The number of hydrogen-bond acceptors (Lipinski definition) is 5. The molecule has 1 unspecified atom stereocenters. The van der Waals surface area contributed by atoms with Gasteiger partial charge in [-0.05, 0) is 32.1 Å². The maximum Gasteiger partial charge on any atom is 0.244 e. The van der Waals surface area contributed by atoms with Crippen LogP contribution in [-0.2, 0) is 16.6 Å². The monoisotopic (exact) mass is 333 g/mol. The Bertz CT molecular complexity index is 621. The summed E-state index contributed by atoms with van der Waals surface area (Å²) in [7, 11) is -0.326. The van der Waals surface area contributed by atoms with Crippen LogP contribution in [0.4, 0.5) is 0 Å². The number of benzene rings is 1. The molecule has 2 rings (SSSR count). The highest BCUT2D eigenvalue weighted by Crippen LogP contribution is 2.31. The summed E-state index contributed by atoms with van der Waals surface area (Å²) in [5.74, 6) is 0.251. The van der Waals surface area contributed by atoms with Crippen LogP contribution in [-0.4, -0.2) is 46.6 Å². The predicted octanol–water partition coefficient (Wildman–Crippen LogP) is 0.790. The molecule has 0 amide bonds. The first-order valence-corrected chi connectivity index (χ1v) is 8.51. The Labute approximate surface area is 130 Å². The number of likely N-dealkylation sites (tertiary alicyclic amines) is 1. The maximum atomic E-state index is 12.6. The van der Waals surface area contributed by atoms with Crippen molar-refractivity contribution in [3.05, 3.63) is 22.7 Å². The number of hydrogen-bond donors (Lipinski definition) is 2. The Morgan fingerprint density at radius 3 is 2.76 bits per heavy atom. The molecule has 21 heavy (non-hydrogen) atoms. The summed E-state index contributed by atoms with van der Waals surface area (Å²) in [5.41, 5.74) is 6.19. The van der Waals surface area contributed by atoms with Crippen molar-refractivity contribution < 1.29 is 13.2 Å². The van der Waals surface area contributed by atoms with E-state index in [-0.39, 0.29) is 23.2 Å². The molecule has 0 aromatic heterocycles. The first-order valence-electron chi connectivity index (χ1n) is 6.64. The first-order chi connectivity index (χ1) is 9.87. The van der Waals surface area contributed by atoms with Gasteiger partial charge in [-0.1, -0.05) is 11.6 Å². The Morgan fingerprint density at radius 1 is 1.52 bits per heavy atom. The predicted molar refractivity (Wildman–Crippen MR) is 82.1 cm³/mol. The lowest BCUT2D eigenvalue weighted by atomic mass is 10.2. The number of nitrogens with zero attached hydrogens (tertiary/aromatic N) is 1. The zero-order valence-electron chi connectivity index (χ0n) is 12.1. The summed E-state index contributed by atoms with van der Waals surface area (Å²) in [6, 6.07) is 2.90. The summed E-state index contributed by atoms with van der Waals surface area (Å²) < 4.78 is 33.1. The van der Waals surface area contributed by atoms with E-state index in [1.165, 1.54) is 13.2 Å². The lowest BCUT2D eigenvalue weighted by Gasteiger charge is -2.17. The van der Waals surface area contributed by atoms with Gasteiger partial charge in [0.25, 0.3) is 0 Å². The average Bonchev–Trinajstić information content (AvgIpc) is 2.82. The normalized spacial score (nSPS) is 19.9. The van der Waals surface area contributed by atoms with Gasteiger partial charge in [-0.15, -0.1) is 0 Å². The molecule has 1 aromatic rings. The van der Waals surface area contributed by atoms with Gasteiger partial charge in [0.2, 0.25) is 10.0 Å². The van der Waals surface area contributed by atoms with E-state index in [4.69, 9.17) is 22.1 Å². The summed E-state index contributed by atoms with van der Waals surface area (Å²) in [6.45, 7) is 1.71. The molecule has 1 heterocycles. The second-order valence-corrected chi connectivity index (χ2v) is 7.29. The van der Waals surface area contributed by atoms with Gasteiger partial charge in [0.1, 0.15) is 10.6 Å². The zero-order valence-corrected chi connectivity index (χ0v) is 13.7. The number of nitrogens with two attached hydrogens (primary N) is 1.